The van der Waals surface area contributed by atoms with Crippen molar-refractivity contribution >= 4 is 38.7 Å². The van der Waals surface area contributed by atoms with Crippen LogP contribution in [0, 0.1) is 5.82 Å². The van der Waals surface area contributed by atoms with E-state index in [0.717, 1.165) is 6.07 Å². The summed E-state index contributed by atoms with van der Waals surface area (Å²) in [6.45, 7) is -0.238. The van der Waals surface area contributed by atoms with E-state index in [9.17, 15) is 17.6 Å². The van der Waals surface area contributed by atoms with Crippen LogP contribution < -0.4 is 10.1 Å². The highest BCUT2D eigenvalue weighted by Crippen LogP contribution is 2.32. The first-order chi connectivity index (χ1) is 13.8. The number of halogens is 2. The molecule has 0 saturated carbocycles. The number of benzene rings is 2. The lowest BCUT2D eigenvalue weighted by molar-refractivity contribution is 0.0950. The third-order valence-electron chi connectivity index (χ3n) is 4.26. The van der Waals surface area contributed by atoms with Gasteiger partial charge in [-0.1, -0.05) is 23.7 Å². The molecular formula is C20H17ClFNO4S2. The van der Waals surface area contributed by atoms with E-state index in [4.69, 9.17) is 16.3 Å². The third kappa shape index (κ3) is 4.60. The molecule has 9 heteroatoms. The summed E-state index contributed by atoms with van der Waals surface area (Å²) in [5.74, 6) is -1.03. The highest BCUT2D eigenvalue weighted by molar-refractivity contribution is 7.91. The Morgan fingerprint density at radius 3 is 2.48 bits per heavy atom. The van der Waals surface area contributed by atoms with Crippen molar-refractivity contribution in [1.82, 2.24) is 5.32 Å². The zero-order valence-corrected chi connectivity index (χ0v) is 17.7. The topological polar surface area (TPSA) is 72.5 Å². The Kier molecular flexibility index (Phi) is 6.56. The highest BCUT2D eigenvalue weighted by Gasteiger charge is 2.31. The number of hydrogen-bond acceptors (Lipinski definition) is 5. The second-order valence-electron chi connectivity index (χ2n) is 6.03. The summed E-state index contributed by atoms with van der Waals surface area (Å²) in [7, 11) is -2.35. The Bertz CT molecular complexity index is 1080. The van der Waals surface area contributed by atoms with Crippen LogP contribution in [0.25, 0.3) is 0 Å². The van der Waals surface area contributed by atoms with Gasteiger partial charge in [-0.15, -0.1) is 11.3 Å². The maximum Gasteiger partial charge on any atom is 0.255 e. The summed E-state index contributed by atoms with van der Waals surface area (Å²) in [4.78, 5) is 13.1. The summed E-state index contributed by atoms with van der Waals surface area (Å²) < 4.78 is 45.5. The fourth-order valence-corrected chi connectivity index (χ4v) is 5.79. The van der Waals surface area contributed by atoms with E-state index in [1.165, 1.54) is 42.7 Å². The van der Waals surface area contributed by atoms with Crippen molar-refractivity contribution in [2.45, 2.75) is 10.1 Å². The van der Waals surface area contributed by atoms with Gasteiger partial charge in [0.05, 0.1) is 22.6 Å². The number of carbonyl (C=O) groups is 1. The fourth-order valence-electron chi connectivity index (χ4n) is 2.76. The van der Waals surface area contributed by atoms with Gasteiger partial charge in [0.1, 0.15) is 16.8 Å². The Labute approximate surface area is 177 Å². The van der Waals surface area contributed by atoms with Crippen molar-refractivity contribution in [1.29, 1.82) is 0 Å². The van der Waals surface area contributed by atoms with Crippen LogP contribution in [0.1, 0.15) is 20.5 Å². The SMILES string of the molecule is COc1ccc(S(=O)(=O)[C@@H](CNC(=O)c2c(F)cccc2Cl)c2cccs2)cc1. The molecule has 0 unspecified atom stereocenters. The molecule has 1 aromatic heterocycles. The summed E-state index contributed by atoms with van der Waals surface area (Å²) >= 11 is 7.18. The predicted octanol–water partition coefficient (Wildman–Crippen LogP) is 4.49. The molecule has 0 aliphatic carbocycles. The molecule has 152 valence electrons. The first kappa shape index (κ1) is 21.3. The minimum Gasteiger partial charge on any atom is -0.497 e. The molecule has 1 atom stereocenters. The Morgan fingerprint density at radius 1 is 1.17 bits per heavy atom. The first-order valence-electron chi connectivity index (χ1n) is 8.48. The van der Waals surface area contributed by atoms with Crippen LogP contribution in [0.2, 0.25) is 5.02 Å². The van der Waals surface area contributed by atoms with Crippen molar-refractivity contribution in [3.05, 3.63) is 81.3 Å². The van der Waals surface area contributed by atoms with Crippen LogP contribution in [-0.4, -0.2) is 28.0 Å². The fraction of sp³-hybridized carbons (Fsp3) is 0.150. The number of carbonyl (C=O) groups excluding carboxylic acids is 1. The van der Waals surface area contributed by atoms with E-state index in [-0.39, 0.29) is 22.0 Å². The van der Waals surface area contributed by atoms with Gasteiger partial charge < -0.3 is 10.1 Å². The maximum atomic E-state index is 14.0. The molecule has 2 aromatic carbocycles. The average molecular weight is 454 g/mol. The van der Waals surface area contributed by atoms with Crippen LogP contribution in [0.5, 0.6) is 5.75 Å². The molecule has 0 bridgehead atoms. The first-order valence-corrected chi connectivity index (χ1v) is 11.3. The molecule has 29 heavy (non-hydrogen) atoms. The lowest BCUT2D eigenvalue weighted by atomic mass is 10.2. The lowest BCUT2D eigenvalue weighted by Crippen LogP contribution is -2.32. The van der Waals surface area contributed by atoms with Crippen molar-refractivity contribution in [2.75, 3.05) is 13.7 Å². The van der Waals surface area contributed by atoms with Crippen LogP contribution in [0.3, 0.4) is 0 Å². The van der Waals surface area contributed by atoms with Crippen molar-refractivity contribution in [3.63, 3.8) is 0 Å². The minimum atomic E-state index is -3.83. The van der Waals surface area contributed by atoms with Crippen LogP contribution in [0.4, 0.5) is 4.39 Å². The number of thiophene rings is 1. The van der Waals surface area contributed by atoms with E-state index in [2.05, 4.69) is 5.32 Å². The van der Waals surface area contributed by atoms with Crippen LogP contribution in [0.15, 0.2) is 64.9 Å². The second kappa shape index (κ2) is 8.94. The summed E-state index contributed by atoms with van der Waals surface area (Å²) in [5, 5.41) is 3.17. The van der Waals surface area contributed by atoms with Gasteiger partial charge in [0.2, 0.25) is 0 Å². The van der Waals surface area contributed by atoms with Gasteiger partial charge in [-0.3, -0.25) is 4.79 Å². The van der Waals surface area contributed by atoms with E-state index >= 15 is 0 Å². The van der Waals surface area contributed by atoms with E-state index in [0.29, 0.717) is 10.6 Å². The van der Waals surface area contributed by atoms with Gasteiger partial charge in [-0.25, -0.2) is 12.8 Å². The largest absolute Gasteiger partial charge is 0.497 e. The molecule has 3 aromatic rings. The monoisotopic (exact) mass is 453 g/mol. The molecule has 0 radical (unpaired) electrons. The van der Waals surface area contributed by atoms with E-state index in [1.807, 2.05) is 0 Å². The minimum absolute atomic E-state index is 0.0480. The standard InChI is InChI=1S/C20H17ClFNO4S2/c1-27-13-7-9-14(10-8-13)29(25,26)18(17-6-3-11-28-17)12-23-20(24)19-15(21)4-2-5-16(19)22/h2-11,18H,12H2,1H3,(H,23,24)/t18-/m0/s1. The van der Waals surface area contributed by atoms with Gasteiger partial charge in [0, 0.05) is 11.4 Å². The molecular weight excluding hydrogens is 437 g/mol. The number of hydrogen-bond donors (Lipinski definition) is 1. The van der Waals surface area contributed by atoms with Gasteiger partial charge in [-0.2, -0.15) is 0 Å². The Balaban J connectivity index is 1.89. The van der Waals surface area contributed by atoms with Gasteiger partial charge in [-0.05, 0) is 47.8 Å². The van der Waals surface area contributed by atoms with Gasteiger partial charge >= 0.3 is 0 Å². The number of ether oxygens (including phenoxy) is 1. The molecule has 0 fully saturated rings. The molecule has 1 N–H and O–H groups in total. The zero-order chi connectivity index (χ0) is 21.0. The lowest BCUT2D eigenvalue weighted by Gasteiger charge is -2.18. The smallest absolute Gasteiger partial charge is 0.255 e. The van der Waals surface area contributed by atoms with E-state index in [1.54, 1.807) is 29.6 Å². The van der Waals surface area contributed by atoms with Crippen molar-refractivity contribution in [3.8, 4) is 5.75 Å². The number of amides is 1. The normalized spacial score (nSPS) is 12.4. The molecule has 1 amide bonds. The van der Waals surface area contributed by atoms with Crippen LogP contribution >= 0.6 is 22.9 Å². The van der Waals surface area contributed by atoms with E-state index < -0.39 is 26.8 Å². The highest BCUT2D eigenvalue weighted by atomic mass is 35.5. The van der Waals surface area contributed by atoms with Crippen molar-refractivity contribution in [2.24, 2.45) is 0 Å². The Hall–Kier alpha value is -2.42. The summed E-state index contributed by atoms with van der Waals surface area (Å²) in [5.41, 5.74) is -0.319. The van der Waals surface area contributed by atoms with Gasteiger partial charge in [0.15, 0.2) is 9.84 Å². The molecule has 0 aliphatic heterocycles. The third-order valence-corrected chi connectivity index (χ3v) is 7.81. The maximum absolute atomic E-state index is 14.0. The average Bonchev–Trinajstić information content (AvgIpc) is 3.22. The summed E-state index contributed by atoms with van der Waals surface area (Å²) in [6, 6.07) is 13.3. The Morgan fingerprint density at radius 2 is 1.90 bits per heavy atom. The molecule has 3 rings (SSSR count). The summed E-state index contributed by atoms with van der Waals surface area (Å²) in [6.07, 6.45) is 0. The zero-order valence-electron chi connectivity index (χ0n) is 15.3. The number of rotatable bonds is 7. The van der Waals surface area contributed by atoms with Crippen LogP contribution in [-0.2, 0) is 9.84 Å². The quantitative estimate of drug-likeness (QED) is 0.572. The molecule has 0 aliphatic rings. The second-order valence-corrected chi connectivity index (χ2v) is 9.55. The number of methoxy groups -OCH3 is 1. The van der Waals surface area contributed by atoms with Crippen molar-refractivity contribution < 1.29 is 22.3 Å². The molecule has 0 spiro atoms. The van der Waals surface area contributed by atoms with Gasteiger partial charge in [0.25, 0.3) is 5.91 Å². The number of nitrogens with one attached hydrogen (secondary N) is 1. The predicted molar refractivity (Wildman–Crippen MR) is 111 cm³/mol. The molecule has 5 nitrogen and oxygen atoms in total. The molecule has 1 heterocycles. The number of sulfone groups is 1. The molecule has 0 saturated heterocycles.